The molecule has 1 aromatic rings. The first-order valence-electron chi connectivity index (χ1n) is 6.11. The van der Waals surface area contributed by atoms with Crippen LogP contribution in [0.4, 0.5) is 0 Å². The molecule has 0 radical (unpaired) electrons. The van der Waals surface area contributed by atoms with E-state index in [0.717, 1.165) is 6.42 Å². The van der Waals surface area contributed by atoms with Gasteiger partial charge in [-0.15, -0.1) is 0 Å². The largest absolute Gasteiger partial charge is 0.298 e. The first kappa shape index (κ1) is 12.0. The summed E-state index contributed by atoms with van der Waals surface area (Å²) in [6, 6.07) is 7.08. The van der Waals surface area contributed by atoms with Crippen LogP contribution in [-0.4, -0.2) is 23.7 Å². The zero-order valence-electron chi connectivity index (χ0n) is 10.2. The molecule has 0 atom stereocenters. The molecule has 1 aliphatic rings. The molecule has 0 saturated carbocycles. The Labute approximate surface area is 101 Å². The van der Waals surface area contributed by atoms with Gasteiger partial charge in [0, 0.05) is 11.1 Å². The third-order valence-electron chi connectivity index (χ3n) is 3.40. The number of carbonyl (C=O) groups is 2. The maximum absolute atomic E-state index is 12.4. The van der Waals surface area contributed by atoms with Crippen LogP contribution in [0, 0.1) is 0 Å². The Hall–Kier alpha value is -1.48. The van der Waals surface area contributed by atoms with Crippen molar-refractivity contribution in [3.05, 3.63) is 35.4 Å². The van der Waals surface area contributed by atoms with Gasteiger partial charge in [0.05, 0.1) is 0 Å². The topological polar surface area (TPSA) is 46.2 Å². The van der Waals surface area contributed by atoms with Gasteiger partial charge < -0.3 is 0 Å². The van der Waals surface area contributed by atoms with Gasteiger partial charge in [0.2, 0.25) is 0 Å². The second-order valence-electron chi connectivity index (χ2n) is 4.39. The molecule has 0 spiro atoms. The molecule has 1 aromatic carbocycles. The Bertz CT molecular complexity index is 430. The van der Waals surface area contributed by atoms with Crippen molar-refractivity contribution in [2.45, 2.75) is 32.2 Å². The highest BCUT2D eigenvalue weighted by Crippen LogP contribution is 2.32. The monoisotopic (exact) mass is 231 g/mol. The fourth-order valence-corrected chi connectivity index (χ4v) is 2.39. The van der Waals surface area contributed by atoms with E-state index in [-0.39, 0.29) is 11.6 Å². The highest BCUT2D eigenvalue weighted by Gasteiger charge is 2.50. The van der Waals surface area contributed by atoms with Gasteiger partial charge in [-0.1, -0.05) is 38.1 Å². The number of Topliss-reactive ketones (excluding diaryl/α,β-unsaturated/α-hetero) is 2. The van der Waals surface area contributed by atoms with E-state index >= 15 is 0 Å². The number of hydrogen-bond donors (Lipinski definition) is 1. The molecule has 0 saturated heterocycles. The Morgan fingerprint density at radius 2 is 1.59 bits per heavy atom. The lowest BCUT2D eigenvalue weighted by Crippen LogP contribution is -2.54. The minimum absolute atomic E-state index is 0.0750. The smallest absolute Gasteiger partial charge is 0.191 e. The average Bonchev–Trinajstić information content (AvgIpc) is 2.59. The van der Waals surface area contributed by atoms with Crippen molar-refractivity contribution in [2.24, 2.45) is 0 Å². The SMILES string of the molecule is CCCNC1(CC)C(=O)c2ccccc2C1=O. The van der Waals surface area contributed by atoms with Crippen LogP contribution in [0.5, 0.6) is 0 Å². The summed E-state index contributed by atoms with van der Waals surface area (Å²) in [5.41, 5.74) is 0.102. The fraction of sp³-hybridized carbons (Fsp3) is 0.429. The minimum atomic E-state index is -1.01. The van der Waals surface area contributed by atoms with Crippen molar-refractivity contribution in [3.8, 4) is 0 Å². The molecule has 90 valence electrons. The molecule has 17 heavy (non-hydrogen) atoms. The van der Waals surface area contributed by atoms with Crippen LogP contribution in [0.3, 0.4) is 0 Å². The quantitative estimate of drug-likeness (QED) is 0.808. The van der Waals surface area contributed by atoms with Crippen LogP contribution < -0.4 is 5.32 Å². The molecular weight excluding hydrogens is 214 g/mol. The molecule has 0 aliphatic heterocycles. The number of hydrogen-bond acceptors (Lipinski definition) is 3. The van der Waals surface area contributed by atoms with Crippen LogP contribution in [0.25, 0.3) is 0 Å². The molecule has 3 nitrogen and oxygen atoms in total. The predicted octanol–water partition coefficient (Wildman–Crippen LogP) is 2.21. The summed E-state index contributed by atoms with van der Waals surface area (Å²) in [7, 11) is 0. The number of benzene rings is 1. The van der Waals surface area contributed by atoms with Crippen LogP contribution in [0.1, 0.15) is 47.4 Å². The molecule has 3 heteroatoms. The summed E-state index contributed by atoms with van der Waals surface area (Å²) in [5, 5.41) is 3.14. The standard InChI is InChI=1S/C14H17NO2/c1-3-9-15-14(4-2)12(16)10-7-5-6-8-11(10)13(14)17/h5-8,15H,3-4,9H2,1-2H3. The van der Waals surface area contributed by atoms with Gasteiger partial charge in [-0.3, -0.25) is 14.9 Å². The lowest BCUT2D eigenvalue weighted by Gasteiger charge is -2.25. The molecule has 0 amide bonds. The summed E-state index contributed by atoms with van der Waals surface area (Å²) in [6.45, 7) is 4.58. The van der Waals surface area contributed by atoms with E-state index in [2.05, 4.69) is 5.32 Å². The van der Waals surface area contributed by atoms with E-state index in [4.69, 9.17) is 0 Å². The highest BCUT2D eigenvalue weighted by atomic mass is 16.2. The van der Waals surface area contributed by atoms with Crippen LogP contribution in [-0.2, 0) is 0 Å². The highest BCUT2D eigenvalue weighted by molar-refractivity contribution is 6.32. The van der Waals surface area contributed by atoms with Crippen molar-refractivity contribution in [2.75, 3.05) is 6.54 Å². The number of ketones is 2. The summed E-state index contributed by atoms with van der Waals surface area (Å²) in [4.78, 5) is 24.8. The van der Waals surface area contributed by atoms with E-state index in [0.29, 0.717) is 24.1 Å². The first-order valence-corrected chi connectivity index (χ1v) is 6.11. The third-order valence-corrected chi connectivity index (χ3v) is 3.40. The number of carbonyl (C=O) groups excluding carboxylic acids is 2. The first-order chi connectivity index (χ1) is 8.17. The second kappa shape index (κ2) is 4.41. The Morgan fingerprint density at radius 3 is 2.00 bits per heavy atom. The molecular formula is C14H17NO2. The van der Waals surface area contributed by atoms with E-state index in [1.807, 2.05) is 13.8 Å². The zero-order valence-corrected chi connectivity index (χ0v) is 10.2. The molecule has 0 fully saturated rings. The second-order valence-corrected chi connectivity index (χ2v) is 4.39. The van der Waals surface area contributed by atoms with Gasteiger partial charge in [-0.25, -0.2) is 0 Å². The summed E-state index contributed by atoms with van der Waals surface area (Å²) in [6.07, 6.45) is 1.40. The van der Waals surface area contributed by atoms with Crippen LogP contribution >= 0.6 is 0 Å². The van der Waals surface area contributed by atoms with E-state index in [1.165, 1.54) is 0 Å². The molecule has 0 aromatic heterocycles. The number of nitrogens with one attached hydrogen (secondary N) is 1. The average molecular weight is 231 g/mol. The Kier molecular flexibility index (Phi) is 3.11. The maximum atomic E-state index is 12.4. The van der Waals surface area contributed by atoms with E-state index in [1.54, 1.807) is 24.3 Å². The van der Waals surface area contributed by atoms with Crippen molar-refractivity contribution < 1.29 is 9.59 Å². The molecule has 1 N–H and O–H groups in total. The normalized spacial score (nSPS) is 17.3. The van der Waals surface area contributed by atoms with Crippen molar-refractivity contribution in [1.29, 1.82) is 0 Å². The lowest BCUT2D eigenvalue weighted by molar-refractivity contribution is 0.0752. The number of fused-ring (bicyclic) bond motifs is 1. The summed E-state index contributed by atoms with van der Waals surface area (Å²) in [5.74, 6) is -0.150. The van der Waals surface area contributed by atoms with Crippen LogP contribution in [0.15, 0.2) is 24.3 Å². The summed E-state index contributed by atoms with van der Waals surface area (Å²) >= 11 is 0. The lowest BCUT2D eigenvalue weighted by atomic mass is 9.90. The predicted molar refractivity (Wildman–Crippen MR) is 66.4 cm³/mol. The van der Waals surface area contributed by atoms with Crippen LogP contribution in [0.2, 0.25) is 0 Å². The molecule has 1 aliphatic carbocycles. The van der Waals surface area contributed by atoms with Crippen molar-refractivity contribution >= 4 is 11.6 Å². The molecule has 2 rings (SSSR count). The molecule has 0 unspecified atom stereocenters. The van der Waals surface area contributed by atoms with Gasteiger partial charge in [0.15, 0.2) is 11.6 Å². The van der Waals surface area contributed by atoms with E-state index < -0.39 is 5.54 Å². The van der Waals surface area contributed by atoms with Gasteiger partial charge in [-0.05, 0) is 19.4 Å². The Balaban J connectivity index is 2.45. The summed E-state index contributed by atoms with van der Waals surface area (Å²) < 4.78 is 0. The van der Waals surface area contributed by atoms with Crippen molar-refractivity contribution in [3.63, 3.8) is 0 Å². The van der Waals surface area contributed by atoms with Gasteiger partial charge in [0.25, 0.3) is 0 Å². The maximum Gasteiger partial charge on any atom is 0.191 e. The van der Waals surface area contributed by atoms with Gasteiger partial charge in [-0.2, -0.15) is 0 Å². The fourth-order valence-electron chi connectivity index (χ4n) is 2.39. The molecule has 0 bridgehead atoms. The van der Waals surface area contributed by atoms with E-state index in [9.17, 15) is 9.59 Å². The van der Waals surface area contributed by atoms with Gasteiger partial charge >= 0.3 is 0 Å². The minimum Gasteiger partial charge on any atom is -0.298 e. The Morgan fingerprint density at radius 1 is 1.06 bits per heavy atom. The number of rotatable bonds is 4. The zero-order chi connectivity index (χ0) is 12.5. The molecule has 0 heterocycles. The van der Waals surface area contributed by atoms with Gasteiger partial charge in [0.1, 0.15) is 5.54 Å². The third kappa shape index (κ3) is 1.62. The van der Waals surface area contributed by atoms with Crippen molar-refractivity contribution in [1.82, 2.24) is 5.32 Å².